The molecule has 1 N–H and O–H groups in total. The number of nitrogens with zero attached hydrogens (tertiary/aromatic N) is 2. The van der Waals surface area contributed by atoms with E-state index in [-0.39, 0.29) is 11.3 Å². The maximum absolute atomic E-state index is 13.2. The predicted octanol–water partition coefficient (Wildman–Crippen LogP) is 3.92. The number of ketones is 1. The van der Waals surface area contributed by atoms with Crippen molar-refractivity contribution >= 4 is 17.4 Å². The van der Waals surface area contributed by atoms with Gasteiger partial charge in [-0.25, -0.2) is 0 Å². The Morgan fingerprint density at radius 3 is 2.38 bits per heavy atom. The maximum atomic E-state index is 13.2. The van der Waals surface area contributed by atoms with E-state index in [1.807, 2.05) is 31.2 Å². The van der Waals surface area contributed by atoms with Gasteiger partial charge in [-0.1, -0.05) is 43.7 Å². The summed E-state index contributed by atoms with van der Waals surface area (Å²) in [5.41, 5.74) is 2.40. The minimum atomic E-state index is -0.666. The van der Waals surface area contributed by atoms with Crippen molar-refractivity contribution in [2.75, 3.05) is 39.4 Å². The van der Waals surface area contributed by atoms with Gasteiger partial charge in [0.25, 0.3) is 11.7 Å². The van der Waals surface area contributed by atoms with E-state index in [0.717, 1.165) is 37.2 Å². The summed E-state index contributed by atoms with van der Waals surface area (Å²) in [6.45, 7) is 10.2. The Kier molecular flexibility index (Phi) is 7.22. The van der Waals surface area contributed by atoms with E-state index in [1.54, 1.807) is 23.1 Å². The van der Waals surface area contributed by atoms with Crippen LogP contribution in [0.1, 0.15) is 43.0 Å². The van der Waals surface area contributed by atoms with Crippen molar-refractivity contribution in [3.63, 3.8) is 0 Å². The molecule has 1 saturated heterocycles. The second-order valence-corrected chi connectivity index (χ2v) is 8.64. The molecule has 0 radical (unpaired) electrons. The molecule has 2 aliphatic heterocycles. The third-order valence-corrected chi connectivity index (χ3v) is 6.52. The molecule has 1 unspecified atom stereocenters. The van der Waals surface area contributed by atoms with Crippen LogP contribution >= 0.6 is 0 Å². The Morgan fingerprint density at radius 1 is 1.03 bits per heavy atom. The number of hydrogen-bond donors (Lipinski definition) is 1. The lowest BCUT2D eigenvalue weighted by molar-refractivity contribution is -0.140. The quantitative estimate of drug-likeness (QED) is 0.362. The second-order valence-electron chi connectivity index (χ2n) is 8.64. The van der Waals surface area contributed by atoms with Gasteiger partial charge in [0.1, 0.15) is 19.0 Å². The first kappa shape index (κ1) is 23.8. The summed E-state index contributed by atoms with van der Waals surface area (Å²) in [5.74, 6) is -0.345. The van der Waals surface area contributed by atoms with Crippen LogP contribution in [0.2, 0.25) is 0 Å². The van der Waals surface area contributed by atoms with Crippen LogP contribution in [0.15, 0.2) is 48.0 Å². The summed E-state index contributed by atoms with van der Waals surface area (Å²) in [6.07, 6.45) is 0.737. The number of aliphatic hydroxyl groups is 1. The number of ether oxygens (including phenoxy) is 2. The van der Waals surface area contributed by atoms with Gasteiger partial charge < -0.3 is 24.4 Å². The van der Waals surface area contributed by atoms with Crippen LogP contribution in [-0.4, -0.2) is 66.0 Å². The summed E-state index contributed by atoms with van der Waals surface area (Å²) in [7, 11) is 0. The molecular weight excluding hydrogens is 432 g/mol. The summed E-state index contributed by atoms with van der Waals surface area (Å²) in [5, 5.41) is 11.3. The predicted molar refractivity (Wildman–Crippen MR) is 130 cm³/mol. The summed E-state index contributed by atoms with van der Waals surface area (Å²) in [4.78, 5) is 30.2. The van der Waals surface area contributed by atoms with E-state index in [1.165, 1.54) is 0 Å². The fourth-order valence-corrected chi connectivity index (χ4v) is 4.56. The van der Waals surface area contributed by atoms with Crippen molar-refractivity contribution in [2.24, 2.45) is 0 Å². The Hall–Kier alpha value is -3.32. The van der Waals surface area contributed by atoms with Crippen molar-refractivity contribution in [3.05, 3.63) is 64.7 Å². The van der Waals surface area contributed by atoms with Crippen molar-refractivity contribution < 1.29 is 24.2 Å². The highest BCUT2D eigenvalue weighted by atomic mass is 16.6. The molecule has 0 saturated carbocycles. The van der Waals surface area contributed by atoms with E-state index in [4.69, 9.17) is 9.47 Å². The highest BCUT2D eigenvalue weighted by Crippen LogP contribution is 2.41. The Labute approximate surface area is 200 Å². The summed E-state index contributed by atoms with van der Waals surface area (Å²) in [6, 6.07) is 12.1. The topological polar surface area (TPSA) is 79.3 Å². The minimum absolute atomic E-state index is 0.105. The highest BCUT2D eigenvalue weighted by Gasteiger charge is 2.45. The molecule has 180 valence electrons. The van der Waals surface area contributed by atoms with Gasteiger partial charge in [0.2, 0.25) is 0 Å². The zero-order valence-electron chi connectivity index (χ0n) is 20.0. The standard InChI is InChI=1S/C27H32N2O5/c1-4-28(5-2)13-6-14-29-24(19-9-7-18(3)8-10-19)23(26(31)27(29)32)25(30)20-11-12-21-22(17-20)34-16-15-33-21/h7-12,17,24,30H,4-6,13-16H2,1-3H3/b25-23-. The SMILES string of the molecule is CCN(CC)CCCN1C(=O)C(=O)/C(=C(\O)c2ccc3c(c2)OCCO3)C1c1ccc(C)cc1. The average molecular weight is 465 g/mol. The molecule has 1 amide bonds. The molecule has 2 aliphatic rings. The zero-order valence-corrected chi connectivity index (χ0v) is 20.0. The third-order valence-electron chi connectivity index (χ3n) is 6.52. The number of fused-ring (bicyclic) bond motifs is 1. The number of benzene rings is 2. The van der Waals surface area contributed by atoms with Crippen molar-refractivity contribution in [2.45, 2.75) is 33.2 Å². The van der Waals surface area contributed by atoms with Crippen LogP contribution in [0.5, 0.6) is 11.5 Å². The molecule has 0 bridgehead atoms. The number of Topliss-reactive ketones (excluding diaryl/α,β-unsaturated/α-hetero) is 1. The van der Waals surface area contributed by atoms with Gasteiger partial charge in [0.15, 0.2) is 11.5 Å². The first-order valence-corrected chi connectivity index (χ1v) is 11.9. The van der Waals surface area contributed by atoms with E-state index < -0.39 is 17.7 Å². The molecule has 2 aromatic rings. The summed E-state index contributed by atoms with van der Waals surface area (Å²) < 4.78 is 11.2. The van der Waals surface area contributed by atoms with Crippen LogP contribution in [0.3, 0.4) is 0 Å². The number of hydrogen-bond acceptors (Lipinski definition) is 6. The zero-order chi connectivity index (χ0) is 24.2. The van der Waals surface area contributed by atoms with Gasteiger partial charge in [-0.15, -0.1) is 0 Å². The van der Waals surface area contributed by atoms with Crippen LogP contribution in [0.25, 0.3) is 5.76 Å². The van der Waals surface area contributed by atoms with Gasteiger partial charge >= 0.3 is 0 Å². The molecular formula is C27H32N2O5. The summed E-state index contributed by atoms with van der Waals surface area (Å²) >= 11 is 0. The van der Waals surface area contributed by atoms with E-state index in [0.29, 0.717) is 36.8 Å². The molecule has 4 rings (SSSR count). The Bertz CT molecular complexity index is 1090. The van der Waals surface area contributed by atoms with Crippen LogP contribution in [-0.2, 0) is 9.59 Å². The molecule has 2 aromatic carbocycles. The Morgan fingerprint density at radius 2 is 1.71 bits per heavy atom. The molecule has 0 aliphatic carbocycles. The van der Waals surface area contributed by atoms with Crippen molar-refractivity contribution in [3.8, 4) is 11.5 Å². The number of carbonyl (C=O) groups is 2. The second kappa shape index (κ2) is 10.3. The molecule has 7 heteroatoms. The lowest BCUT2D eigenvalue weighted by atomic mass is 9.94. The van der Waals surface area contributed by atoms with Gasteiger partial charge in [0, 0.05) is 12.1 Å². The molecule has 34 heavy (non-hydrogen) atoms. The first-order valence-electron chi connectivity index (χ1n) is 11.9. The highest BCUT2D eigenvalue weighted by molar-refractivity contribution is 6.46. The van der Waals surface area contributed by atoms with Crippen LogP contribution in [0.4, 0.5) is 0 Å². The lowest BCUT2D eigenvalue weighted by Gasteiger charge is -2.27. The van der Waals surface area contributed by atoms with Gasteiger partial charge in [-0.2, -0.15) is 0 Å². The molecule has 1 atom stereocenters. The molecule has 0 spiro atoms. The fourth-order valence-electron chi connectivity index (χ4n) is 4.56. The molecule has 1 fully saturated rings. The number of amides is 1. The van der Waals surface area contributed by atoms with E-state index in [9.17, 15) is 14.7 Å². The van der Waals surface area contributed by atoms with Crippen LogP contribution < -0.4 is 9.47 Å². The Balaban J connectivity index is 1.72. The minimum Gasteiger partial charge on any atom is -0.507 e. The van der Waals surface area contributed by atoms with Crippen molar-refractivity contribution in [1.82, 2.24) is 9.80 Å². The van der Waals surface area contributed by atoms with Gasteiger partial charge in [-0.05, 0) is 56.7 Å². The molecule has 0 aromatic heterocycles. The number of rotatable bonds is 8. The largest absolute Gasteiger partial charge is 0.507 e. The van der Waals surface area contributed by atoms with E-state index >= 15 is 0 Å². The third kappa shape index (κ3) is 4.66. The van der Waals surface area contributed by atoms with Crippen molar-refractivity contribution in [1.29, 1.82) is 0 Å². The number of carbonyl (C=O) groups excluding carboxylic acids is 2. The van der Waals surface area contributed by atoms with Crippen LogP contribution in [0, 0.1) is 6.92 Å². The average Bonchev–Trinajstić information content (AvgIpc) is 3.11. The lowest BCUT2D eigenvalue weighted by Crippen LogP contribution is -2.33. The van der Waals surface area contributed by atoms with Gasteiger partial charge in [0.05, 0.1) is 11.6 Å². The number of aliphatic hydroxyl groups excluding tert-OH is 1. The molecule has 2 heterocycles. The first-order chi connectivity index (χ1) is 16.4. The van der Waals surface area contributed by atoms with Gasteiger partial charge in [-0.3, -0.25) is 9.59 Å². The molecule has 7 nitrogen and oxygen atoms in total. The monoisotopic (exact) mass is 464 g/mol. The number of aryl methyl sites for hydroxylation is 1. The fraction of sp³-hybridized carbons (Fsp3) is 0.407. The smallest absolute Gasteiger partial charge is 0.295 e. The normalized spacial score (nSPS) is 19.2. The number of likely N-dealkylation sites (tertiary alicyclic amines) is 1. The van der Waals surface area contributed by atoms with E-state index in [2.05, 4.69) is 18.7 Å². The maximum Gasteiger partial charge on any atom is 0.295 e.